The Balaban J connectivity index is 2.21. The van der Waals surface area contributed by atoms with E-state index in [2.05, 4.69) is 5.32 Å². The number of benzene rings is 2. The minimum absolute atomic E-state index is 0.109. The molecule has 0 unspecified atom stereocenters. The standard InChI is InChI=1S/C20H22N2O3/c1-14(22(25)16(3)24)10-11-17-6-4-7-18(12-17)19-8-5-9-20(13-19)21-15(2)23/h4-14,25H,1-3H3,(H,21,23)/b11-10+/t14-/m0/s1. The van der Waals surface area contributed by atoms with Gasteiger partial charge in [-0.05, 0) is 41.8 Å². The van der Waals surface area contributed by atoms with Gasteiger partial charge in [0.05, 0.1) is 6.04 Å². The fourth-order valence-corrected chi connectivity index (χ4v) is 2.42. The zero-order valence-corrected chi connectivity index (χ0v) is 14.6. The SMILES string of the molecule is CC(=O)Nc1cccc(-c2cccc(/C=C/[C@H](C)N(O)C(C)=O)c2)c1. The van der Waals surface area contributed by atoms with Crippen LogP contribution in [0.15, 0.2) is 54.6 Å². The largest absolute Gasteiger partial charge is 0.326 e. The summed E-state index contributed by atoms with van der Waals surface area (Å²) < 4.78 is 0. The highest BCUT2D eigenvalue weighted by Gasteiger charge is 2.10. The molecule has 2 amide bonds. The molecular formula is C20H22N2O3. The molecule has 0 fully saturated rings. The highest BCUT2D eigenvalue weighted by Crippen LogP contribution is 2.24. The maximum atomic E-state index is 11.2. The molecule has 0 aliphatic rings. The van der Waals surface area contributed by atoms with Crippen molar-refractivity contribution in [2.75, 3.05) is 5.32 Å². The molecule has 5 heteroatoms. The number of hydrogen-bond acceptors (Lipinski definition) is 3. The van der Waals surface area contributed by atoms with E-state index in [0.29, 0.717) is 5.06 Å². The quantitative estimate of drug-likeness (QED) is 0.640. The number of nitrogens with zero attached hydrogens (tertiary/aromatic N) is 1. The number of amides is 2. The van der Waals surface area contributed by atoms with Crippen molar-refractivity contribution in [1.29, 1.82) is 0 Å². The summed E-state index contributed by atoms with van der Waals surface area (Å²) in [6.07, 6.45) is 3.62. The average Bonchev–Trinajstić information content (AvgIpc) is 2.58. The van der Waals surface area contributed by atoms with Gasteiger partial charge in [0, 0.05) is 19.5 Å². The normalized spacial score (nSPS) is 12.0. The maximum absolute atomic E-state index is 11.2. The number of carbonyl (C=O) groups is 2. The Hall–Kier alpha value is -2.92. The first-order valence-electron chi connectivity index (χ1n) is 8.02. The molecule has 0 aliphatic heterocycles. The molecule has 5 nitrogen and oxygen atoms in total. The monoisotopic (exact) mass is 338 g/mol. The van der Waals surface area contributed by atoms with Crippen molar-refractivity contribution in [3.05, 3.63) is 60.2 Å². The summed E-state index contributed by atoms with van der Waals surface area (Å²) >= 11 is 0. The molecule has 0 saturated carbocycles. The van der Waals surface area contributed by atoms with E-state index in [1.807, 2.05) is 54.6 Å². The van der Waals surface area contributed by atoms with Crippen LogP contribution in [0.5, 0.6) is 0 Å². The van der Waals surface area contributed by atoms with Crippen LogP contribution in [0.2, 0.25) is 0 Å². The maximum Gasteiger partial charge on any atom is 0.243 e. The van der Waals surface area contributed by atoms with Gasteiger partial charge in [-0.1, -0.05) is 42.5 Å². The number of hydroxylamine groups is 2. The summed E-state index contributed by atoms with van der Waals surface area (Å²) in [4.78, 5) is 22.4. The summed E-state index contributed by atoms with van der Waals surface area (Å²) in [5.74, 6) is -0.512. The molecule has 0 spiro atoms. The van der Waals surface area contributed by atoms with E-state index in [4.69, 9.17) is 0 Å². The lowest BCUT2D eigenvalue weighted by Gasteiger charge is -2.17. The molecule has 2 aromatic rings. The van der Waals surface area contributed by atoms with E-state index in [1.54, 1.807) is 13.0 Å². The first-order chi connectivity index (χ1) is 11.9. The van der Waals surface area contributed by atoms with E-state index in [1.165, 1.54) is 13.8 Å². The summed E-state index contributed by atoms with van der Waals surface area (Å²) in [6, 6.07) is 15.1. The molecule has 2 rings (SSSR count). The zero-order valence-electron chi connectivity index (χ0n) is 14.6. The second-order valence-corrected chi connectivity index (χ2v) is 5.85. The fraction of sp³-hybridized carbons (Fsp3) is 0.200. The third kappa shape index (κ3) is 5.29. The number of hydrogen-bond donors (Lipinski definition) is 2. The van der Waals surface area contributed by atoms with Gasteiger partial charge in [0.15, 0.2) is 0 Å². The summed E-state index contributed by atoms with van der Waals surface area (Å²) in [7, 11) is 0. The summed E-state index contributed by atoms with van der Waals surface area (Å²) in [5, 5.41) is 13.1. The average molecular weight is 338 g/mol. The van der Waals surface area contributed by atoms with Crippen molar-refractivity contribution < 1.29 is 14.8 Å². The Morgan fingerprint density at radius 3 is 2.36 bits per heavy atom. The molecule has 0 aliphatic carbocycles. The van der Waals surface area contributed by atoms with Crippen LogP contribution in [0.1, 0.15) is 26.3 Å². The molecule has 2 N–H and O–H groups in total. The Kier molecular flexibility index (Phi) is 6.08. The molecular weight excluding hydrogens is 316 g/mol. The van der Waals surface area contributed by atoms with Crippen molar-refractivity contribution in [3.63, 3.8) is 0 Å². The number of rotatable bonds is 5. The number of nitrogens with one attached hydrogen (secondary N) is 1. The van der Waals surface area contributed by atoms with Gasteiger partial charge in [-0.2, -0.15) is 0 Å². The van der Waals surface area contributed by atoms with Crippen LogP contribution in [0.25, 0.3) is 17.2 Å². The zero-order chi connectivity index (χ0) is 18.4. The van der Waals surface area contributed by atoms with Crippen LogP contribution in [-0.2, 0) is 9.59 Å². The summed E-state index contributed by atoms with van der Waals surface area (Å²) in [5.41, 5.74) is 3.69. The molecule has 0 radical (unpaired) electrons. The summed E-state index contributed by atoms with van der Waals surface area (Å²) in [6.45, 7) is 4.52. The number of anilines is 1. The van der Waals surface area contributed by atoms with Crippen LogP contribution >= 0.6 is 0 Å². The third-order valence-electron chi connectivity index (χ3n) is 3.68. The Morgan fingerprint density at radius 1 is 1.08 bits per heavy atom. The van der Waals surface area contributed by atoms with Crippen molar-refractivity contribution in [2.45, 2.75) is 26.8 Å². The number of carbonyl (C=O) groups excluding carboxylic acids is 2. The van der Waals surface area contributed by atoms with Gasteiger partial charge in [-0.3, -0.25) is 14.8 Å². The Bertz CT molecular complexity index is 799. The van der Waals surface area contributed by atoms with Gasteiger partial charge < -0.3 is 5.32 Å². The smallest absolute Gasteiger partial charge is 0.243 e. The molecule has 130 valence electrons. The second-order valence-electron chi connectivity index (χ2n) is 5.85. The highest BCUT2D eigenvalue weighted by molar-refractivity contribution is 5.89. The lowest BCUT2D eigenvalue weighted by molar-refractivity contribution is -0.167. The van der Waals surface area contributed by atoms with Gasteiger partial charge in [0.1, 0.15) is 0 Å². The van der Waals surface area contributed by atoms with Crippen molar-refractivity contribution in [2.24, 2.45) is 0 Å². The fourth-order valence-electron chi connectivity index (χ4n) is 2.42. The molecule has 0 bridgehead atoms. The van der Waals surface area contributed by atoms with E-state index in [9.17, 15) is 14.8 Å². The predicted octanol–water partition coefficient (Wildman–Crippen LogP) is 3.95. The van der Waals surface area contributed by atoms with Gasteiger partial charge in [-0.15, -0.1) is 0 Å². The van der Waals surface area contributed by atoms with E-state index < -0.39 is 11.9 Å². The third-order valence-corrected chi connectivity index (χ3v) is 3.68. The topological polar surface area (TPSA) is 69.6 Å². The van der Waals surface area contributed by atoms with E-state index >= 15 is 0 Å². The van der Waals surface area contributed by atoms with Crippen LogP contribution in [-0.4, -0.2) is 28.1 Å². The lowest BCUT2D eigenvalue weighted by atomic mass is 10.0. The van der Waals surface area contributed by atoms with Gasteiger partial charge >= 0.3 is 0 Å². The molecule has 2 aromatic carbocycles. The minimum Gasteiger partial charge on any atom is -0.326 e. The van der Waals surface area contributed by atoms with Crippen LogP contribution < -0.4 is 5.32 Å². The molecule has 0 heterocycles. The lowest BCUT2D eigenvalue weighted by Crippen LogP contribution is -2.32. The van der Waals surface area contributed by atoms with Crippen LogP contribution in [0.4, 0.5) is 5.69 Å². The first-order valence-corrected chi connectivity index (χ1v) is 8.02. The van der Waals surface area contributed by atoms with E-state index in [-0.39, 0.29) is 5.91 Å². The van der Waals surface area contributed by atoms with Gasteiger partial charge in [0.2, 0.25) is 11.8 Å². The Morgan fingerprint density at radius 2 is 1.72 bits per heavy atom. The van der Waals surface area contributed by atoms with E-state index in [0.717, 1.165) is 22.4 Å². The van der Waals surface area contributed by atoms with Gasteiger partial charge in [0.25, 0.3) is 0 Å². The molecule has 0 aromatic heterocycles. The molecule has 25 heavy (non-hydrogen) atoms. The Labute approximate surface area is 147 Å². The van der Waals surface area contributed by atoms with Crippen molar-refractivity contribution in [1.82, 2.24) is 5.06 Å². The molecule has 0 saturated heterocycles. The minimum atomic E-state index is -0.413. The van der Waals surface area contributed by atoms with Gasteiger partial charge in [-0.25, -0.2) is 5.06 Å². The first kappa shape index (κ1) is 18.4. The van der Waals surface area contributed by atoms with Crippen LogP contribution in [0.3, 0.4) is 0 Å². The van der Waals surface area contributed by atoms with Crippen LogP contribution in [0, 0.1) is 0 Å². The molecule has 1 atom stereocenters. The van der Waals surface area contributed by atoms with Crippen molar-refractivity contribution in [3.8, 4) is 11.1 Å². The second kappa shape index (κ2) is 8.26. The predicted molar refractivity (Wildman–Crippen MR) is 99.0 cm³/mol. The highest BCUT2D eigenvalue weighted by atomic mass is 16.5. The van der Waals surface area contributed by atoms with Crippen molar-refractivity contribution >= 4 is 23.6 Å².